The molecule has 0 fully saturated rings. The summed E-state index contributed by atoms with van der Waals surface area (Å²) in [4.78, 5) is 10.5. The lowest BCUT2D eigenvalue weighted by molar-refractivity contribution is -0.131. The molecule has 0 aliphatic carbocycles. The van der Waals surface area contributed by atoms with E-state index in [0.717, 1.165) is 20.6 Å². The Balaban J connectivity index is 2.76. The second-order valence-electron chi connectivity index (χ2n) is 3.53. The minimum absolute atomic E-state index is 0.454. The number of rotatable bonds is 7. The van der Waals surface area contributed by atoms with Gasteiger partial charge in [0.15, 0.2) is 0 Å². The predicted molar refractivity (Wildman–Crippen MR) is 80.5 cm³/mol. The molecule has 0 heterocycles. The summed E-state index contributed by atoms with van der Waals surface area (Å²) in [6.45, 7) is 3.56. The monoisotopic (exact) mass is 392 g/mol. The molecule has 0 aliphatic rings. The van der Waals surface area contributed by atoms with Crippen molar-refractivity contribution in [2.45, 2.75) is 6.92 Å². The van der Waals surface area contributed by atoms with E-state index < -0.39 is 5.97 Å². The molecule has 1 rings (SSSR count). The third kappa shape index (κ3) is 5.76. The number of halogens is 2. The SMILES string of the molecule is CCOCCOc1c(Br)cc(/C=C/C(=O)O)cc1Br. The van der Waals surface area contributed by atoms with Gasteiger partial charge >= 0.3 is 5.97 Å². The average Bonchev–Trinajstić information content (AvgIpc) is 2.34. The number of aliphatic carboxylic acids is 1. The quantitative estimate of drug-likeness (QED) is 0.566. The van der Waals surface area contributed by atoms with Crippen LogP contribution in [-0.2, 0) is 9.53 Å². The Morgan fingerprint density at radius 1 is 1.32 bits per heavy atom. The molecule has 0 radical (unpaired) electrons. The Labute approximate surface area is 128 Å². The minimum atomic E-state index is -0.982. The summed E-state index contributed by atoms with van der Waals surface area (Å²) in [7, 11) is 0. The van der Waals surface area contributed by atoms with Crippen molar-refractivity contribution >= 4 is 43.9 Å². The van der Waals surface area contributed by atoms with Gasteiger partial charge in [0.25, 0.3) is 0 Å². The zero-order chi connectivity index (χ0) is 14.3. The van der Waals surface area contributed by atoms with E-state index in [-0.39, 0.29) is 0 Å². The van der Waals surface area contributed by atoms with Gasteiger partial charge < -0.3 is 14.6 Å². The zero-order valence-corrected chi connectivity index (χ0v) is 13.5. The first-order chi connectivity index (χ1) is 9.04. The smallest absolute Gasteiger partial charge is 0.328 e. The fourth-order valence-electron chi connectivity index (χ4n) is 1.33. The minimum Gasteiger partial charge on any atom is -0.489 e. The topological polar surface area (TPSA) is 55.8 Å². The van der Waals surface area contributed by atoms with E-state index in [1.807, 2.05) is 6.92 Å². The lowest BCUT2D eigenvalue weighted by Crippen LogP contribution is -2.07. The van der Waals surface area contributed by atoms with Gasteiger partial charge in [0, 0.05) is 12.7 Å². The summed E-state index contributed by atoms with van der Waals surface area (Å²) >= 11 is 6.79. The average molecular weight is 394 g/mol. The Hall–Kier alpha value is -0.850. The molecule has 19 heavy (non-hydrogen) atoms. The van der Waals surface area contributed by atoms with Gasteiger partial charge in [-0.15, -0.1) is 0 Å². The zero-order valence-electron chi connectivity index (χ0n) is 10.4. The van der Waals surface area contributed by atoms with E-state index in [2.05, 4.69) is 31.9 Å². The number of carbonyl (C=O) groups is 1. The van der Waals surface area contributed by atoms with Crippen molar-refractivity contribution in [3.05, 3.63) is 32.7 Å². The van der Waals surface area contributed by atoms with Crippen LogP contribution in [0.25, 0.3) is 6.08 Å². The molecule has 1 N–H and O–H groups in total. The van der Waals surface area contributed by atoms with E-state index in [0.29, 0.717) is 25.6 Å². The van der Waals surface area contributed by atoms with Crippen LogP contribution in [-0.4, -0.2) is 30.9 Å². The second kappa shape index (κ2) is 8.35. The number of carboxylic acids is 1. The fourth-order valence-corrected chi connectivity index (χ4v) is 2.78. The Morgan fingerprint density at radius 2 is 1.95 bits per heavy atom. The molecule has 0 saturated heterocycles. The number of benzene rings is 1. The van der Waals surface area contributed by atoms with Crippen molar-refractivity contribution in [3.8, 4) is 5.75 Å². The van der Waals surface area contributed by atoms with Crippen LogP contribution >= 0.6 is 31.9 Å². The van der Waals surface area contributed by atoms with Gasteiger partial charge in [-0.1, -0.05) is 0 Å². The van der Waals surface area contributed by atoms with E-state index >= 15 is 0 Å². The summed E-state index contributed by atoms with van der Waals surface area (Å²) in [5, 5.41) is 8.59. The molecule has 0 unspecified atom stereocenters. The van der Waals surface area contributed by atoms with Gasteiger partial charge in [0.2, 0.25) is 0 Å². The van der Waals surface area contributed by atoms with E-state index in [4.69, 9.17) is 14.6 Å². The van der Waals surface area contributed by atoms with Crippen LogP contribution in [0.2, 0.25) is 0 Å². The first-order valence-corrected chi connectivity index (χ1v) is 7.23. The van der Waals surface area contributed by atoms with Crippen molar-refractivity contribution in [3.63, 3.8) is 0 Å². The lowest BCUT2D eigenvalue weighted by atomic mass is 10.2. The van der Waals surface area contributed by atoms with Crippen LogP contribution in [0.3, 0.4) is 0 Å². The fraction of sp³-hybridized carbons (Fsp3) is 0.308. The van der Waals surface area contributed by atoms with Crippen molar-refractivity contribution in [2.75, 3.05) is 19.8 Å². The van der Waals surface area contributed by atoms with Crippen molar-refractivity contribution in [1.82, 2.24) is 0 Å². The van der Waals surface area contributed by atoms with E-state index in [1.165, 1.54) is 6.08 Å². The first-order valence-electron chi connectivity index (χ1n) is 5.65. The maximum atomic E-state index is 10.5. The van der Waals surface area contributed by atoms with Crippen LogP contribution in [0.5, 0.6) is 5.75 Å². The van der Waals surface area contributed by atoms with Crippen molar-refractivity contribution in [2.24, 2.45) is 0 Å². The molecule has 0 aliphatic heterocycles. The highest BCUT2D eigenvalue weighted by atomic mass is 79.9. The van der Waals surface area contributed by atoms with Gasteiger partial charge in [0.05, 0.1) is 15.6 Å². The standard InChI is InChI=1S/C13H14Br2O4/c1-2-18-5-6-19-13-10(14)7-9(8-11(13)15)3-4-12(16)17/h3-4,7-8H,2,5-6H2,1H3,(H,16,17)/b4-3+. The second-order valence-corrected chi connectivity index (χ2v) is 5.24. The van der Waals surface area contributed by atoms with E-state index in [9.17, 15) is 4.79 Å². The molecule has 0 aromatic heterocycles. The molecular weight excluding hydrogens is 380 g/mol. The van der Waals surface area contributed by atoms with Gasteiger partial charge in [-0.05, 0) is 62.6 Å². The molecule has 0 bridgehead atoms. The van der Waals surface area contributed by atoms with Crippen LogP contribution in [0.1, 0.15) is 12.5 Å². The van der Waals surface area contributed by atoms with Crippen LogP contribution < -0.4 is 4.74 Å². The Bertz CT molecular complexity index is 449. The third-order valence-electron chi connectivity index (χ3n) is 2.12. The van der Waals surface area contributed by atoms with Gasteiger partial charge in [0.1, 0.15) is 12.4 Å². The molecule has 4 nitrogen and oxygen atoms in total. The molecular formula is C13H14Br2O4. The molecule has 1 aromatic carbocycles. The highest BCUT2D eigenvalue weighted by Crippen LogP contribution is 2.35. The van der Waals surface area contributed by atoms with Gasteiger partial charge in [-0.3, -0.25) is 0 Å². The maximum absolute atomic E-state index is 10.5. The summed E-state index contributed by atoms with van der Waals surface area (Å²) in [6, 6.07) is 3.58. The van der Waals surface area contributed by atoms with E-state index in [1.54, 1.807) is 12.1 Å². The molecule has 6 heteroatoms. The first kappa shape index (κ1) is 16.2. The largest absolute Gasteiger partial charge is 0.489 e. The summed E-state index contributed by atoms with van der Waals surface area (Å²) < 4.78 is 12.3. The molecule has 0 saturated carbocycles. The third-order valence-corrected chi connectivity index (χ3v) is 3.30. The molecule has 0 spiro atoms. The molecule has 0 atom stereocenters. The summed E-state index contributed by atoms with van der Waals surface area (Å²) in [5.74, 6) is -0.309. The molecule has 1 aromatic rings. The van der Waals surface area contributed by atoms with Gasteiger partial charge in [-0.25, -0.2) is 4.79 Å². The van der Waals surface area contributed by atoms with Crippen LogP contribution in [0, 0.1) is 0 Å². The van der Waals surface area contributed by atoms with Crippen LogP contribution in [0.15, 0.2) is 27.2 Å². The highest BCUT2D eigenvalue weighted by Gasteiger charge is 2.08. The van der Waals surface area contributed by atoms with Crippen molar-refractivity contribution in [1.29, 1.82) is 0 Å². The number of hydrogen-bond donors (Lipinski definition) is 1. The number of hydrogen-bond acceptors (Lipinski definition) is 3. The van der Waals surface area contributed by atoms with Crippen LogP contribution in [0.4, 0.5) is 0 Å². The number of ether oxygens (including phenoxy) is 2. The van der Waals surface area contributed by atoms with Gasteiger partial charge in [-0.2, -0.15) is 0 Å². The maximum Gasteiger partial charge on any atom is 0.328 e. The number of carboxylic acid groups (broad SMARTS) is 1. The summed E-state index contributed by atoms with van der Waals surface area (Å²) in [6.07, 6.45) is 2.60. The summed E-state index contributed by atoms with van der Waals surface area (Å²) in [5.41, 5.74) is 0.762. The lowest BCUT2D eigenvalue weighted by Gasteiger charge is -2.11. The normalized spacial score (nSPS) is 10.9. The Morgan fingerprint density at radius 3 is 2.47 bits per heavy atom. The molecule has 104 valence electrons. The highest BCUT2D eigenvalue weighted by molar-refractivity contribution is 9.11. The predicted octanol–water partition coefficient (Wildman–Crippen LogP) is 3.72. The Kier molecular flexibility index (Phi) is 7.12. The van der Waals surface area contributed by atoms with Crippen molar-refractivity contribution < 1.29 is 19.4 Å². The molecule has 0 amide bonds.